The van der Waals surface area contributed by atoms with E-state index < -0.39 is 20.8 Å². The monoisotopic (exact) mass is 377 g/mol. The summed E-state index contributed by atoms with van der Waals surface area (Å²) in [6.07, 6.45) is 0.485. The Labute approximate surface area is 150 Å². The molecule has 1 aliphatic heterocycles. The van der Waals surface area contributed by atoms with E-state index in [2.05, 4.69) is 5.32 Å². The Morgan fingerprint density at radius 1 is 1.19 bits per heavy atom. The molecule has 0 saturated carbocycles. The van der Waals surface area contributed by atoms with Crippen LogP contribution in [0.1, 0.15) is 34.8 Å². The number of Topliss-reactive ketones (excluding diaryl/α,β-unsaturated/α-hetero) is 1. The van der Waals surface area contributed by atoms with Gasteiger partial charge < -0.3 is 9.50 Å². The molecule has 0 aliphatic carbocycles. The first-order chi connectivity index (χ1) is 12.2. The van der Waals surface area contributed by atoms with E-state index >= 15 is 0 Å². The number of ketones is 1. The molecule has 0 bridgehead atoms. The number of aryl methyl sites for hydroxylation is 2. The topological polar surface area (TPSA) is 89.5 Å². The largest absolute Gasteiger partial charge is 0.378 e. The van der Waals surface area contributed by atoms with E-state index in [-0.39, 0.29) is 35.1 Å². The summed E-state index contributed by atoms with van der Waals surface area (Å²) in [5, 5.41) is 2.50. The molecule has 3 rings (SSSR count). The Morgan fingerprint density at radius 3 is 2.62 bits per heavy atom. The Kier molecular flexibility index (Phi) is 4.53. The third kappa shape index (κ3) is 3.45. The summed E-state index contributed by atoms with van der Waals surface area (Å²) in [6.45, 7) is 3.04. The van der Waals surface area contributed by atoms with Crippen LogP contribution in [0.15, 0.2) is 35.2 Å². The van der Waals surface area contributed by atoms with Crippen molar-refractivity contribution in [3.05, 3.63) is 52.8 Å². The summed E-state index contributed by atoms with van der Waals surface area (Å²) in [5.74, 6) is -1.82. The SMILES string of the molecule is CC(=O)c1cc(C)ccc1OS(=O)(=O)c1cc2c(cc1F)NC(=O)CC2. The molecule has 0 radical (unpaired) electrons. The number of carbonyl (C=O) groups is 2. The number of rotatable bonds is 4. The average molecular weight is 377 g/mol. The Morgan fingerprint density at radius 2 is 1.92 bits per heavy atom. The van der Waals surface area contributed by atoms with Crippen LogP contribution >= 0.6 is 0 Å². The molecule has 0 unspecified atom stereocenters. The van der Waals surface area contributed by atoms with Crippen molar-refractivity contribution in [1.29, 1.82) is 0 Å². The molecule has 1 aliphatic rings. The number of hydrogen-bond acceptors (Lipinski definition) is 5. The first-order valence-electron chi connectivity index (χ1n) is 7.86. The number of carbonyl (C=O) groups excluding carboxylic acids is 2. The molecule has 2 aromatic carbocycles. The lowest BCUT2D eigenvalue weighted by Crippen LogP contribution is -2.21. The Bertz CT molecular complexity index is 1030. The van der Waals surface area contributed by atoms with Crippen LogP contribution < -0.4 is 9.50 Å². The van der Waals surface area contributed by atoms with Gasteiger partial charge in [-0.05, 0) is 50.1 Å². The maximum atomic E-state index is 14.3. The molecule has 0 atom stereocenters. The minimum atomic E-state index is -4.50. The highest BCUT2D eigenvalue weighted by Crippen LogP contribution is 2.31. The lowest BCUT2D eigenvalue weighted by molar-refractivity contribution is -0.116. The van der Waals surface area contributed by atoms with Crippen molar-refractivity contribution in [2.75, 3.05) is 5.32 Å². The van der Waals surface area contributed by atoms with Crippen LogP contribution in [0.2, 0.25) is 0 Å². The number of hydrogen-bond donors (Lipinski definition) is 1. The molecule has 1 amide bonds. The standard InChI is InChI=1S/C18H16FNO5S/c1-10-3-5-16(13(7-10)11(2)21)25-26(23,24)17-8-12-4-6-18(22)20-15(12)9-14(17)19/h3,5,7-9H,4,6H2,1-2H3,(H,20,22). The Balaban J connectivity index is 2.02. The Hall–Kier alpha value is -2.74. The fraction of sp³-hybridized carbons (Fsp3) is 0.222. The number of halogens is 1. The fourth-order valence-corrected chi connectivity index (χ4v) is 3.78. The molecule has 0 fully saturated rings. The highest BCUT2D eigenvalue weighted by Gasteiger charge is 2.27. The first kappa shape index (κ1) is 18.1. The van der Waals surface area contributed by atoms with Crippen molar-refractivity contribution in [2.45, 2.75) is 31.6 Å². The van der Waals surface area contributed by atoms with E-state index in [1.807, 2.05) is 0 Å². The van der Waals surface area contributed by atoms with E-state index in [9.17, 15) is 22.4 Å². The van der Waals surface area contributed by atoms with Crippen LogP contribution in [0.5, 0.6) is 5.75 Å². The second-order valence-electron chi connectivity index (χ2n) is 6.08. The van der Waals surface area contributed by atoms with E-state index in [1.165, 1.54) is 19.1 Å². The van der Waals surface area contributed by atoms with E-state index in [4.69, 9.17) is 4.18 Å². The van der Waals surface area contributed by atoms with Crippen molar-refractivity contribution in [1.82, 2.24) is 0 Å². The van der Waals surface area contributed by atoms with Crippen molar-refractivity contribution in [2.24, 2.45) is 0 Å². The molecule has 26 heavy (non-hydrogen) atoms. The van der Waals surface area contributed by atoms with Gasteiger partial charge in [0, 0.05) is 12.1 Å². The lowest BCUT2D eigenvalue weighted by Gasteiger charge is -2.18. The van der Waals surface area contributed by atoms with Gasteiger partial charge in [0.05, 0.1) is 5.56 Å². The number of benzene rings is 2. The summed E-state index contributed by atoms with van der Waals surface area (Å²) in [7, 11) is -4.50. The van der Waals surface area contributed by atoms with Gasteiger partial charge in [-0.1, -0.05) is 11.6 Å². The van der Waals surface area contributed by atoms with E-state index in [1.54, 1.807) is 13.0 Å². The summed E-state index contributed by atoms with van der Waals surface area (Å²) >= 11 is 0. The lowest BCUT2D eigenvalue weighted by atomic mass is 10.0. The van der Waals surface area contributed by atoms with Crippen LogP contribution in [-0.2, 0) is 21.3 Å². The van der Waals surface area contributed by atoms with Crippen LogP contribution in [0, 0.1) is 12.7 Å². The fourth-order valence-electron chi connectivity index (χ4n) is 2.73. The summed E-state index contributed by atoms with van der Waals surface area (Å²) < 4.78 is 44.5. The molecule has 0 saturated heterocycles. The first-order valence-corrected chi connectivity index (χ1v) is 9.26. The molecule has 136 valence electrons. The molecular weight excluding hydrogens is 361 g/mol. The normalized spacial score (nSPS) is 13.7. The van der Waals surface area contributed by atoms with Crippen molar-refractivity contribution >= 4 is 27.5 Å². The second kappa shape index (κ2) is 6.53. The van der Waals surface area contributed by atoms with E-state index in [0.29, 0.717) is 12.0 Å². The summed E-state index contributed by atoms with van der Waals surface area (Å²) in [5.41, 5.74) is 1.61. The summed E-state index contributed by atoms with van der Waals surface area (Å²) in [6, 6.07) is 6.58. The predicted octanol–water partition coefficient (Wildman–Crippen LogP) is 2.99. The maximum absolute atomic E-state index is 14.3. The average Bonchev–Trinajstić information content (AvgIpc) is 2.55. The molecule has 0 aromatic heterocycles. The number of anilines is 1. The van der Waals surface area contributed by atoms with Crippen LogP contribution in [0.3, 0.4) is 0 Å². The van der Waals surface area contributed by atoms with Crippen molar-refractivity contribution < 1.29 is 26.6 Å². The van der Waals surface area contributed by atoms with Crippen molar-refractivity contribution in [3.63, 3.8) is 0 Å². The van der Waals surface area contributed by atoms with Gasteiger partial charge in [0.1, 0.15) is 10.7 Å². The van der Waals surface area contributed by atoms with E-state index in [0.717, 1.165) is 17.7 Å². The molecule has 8 heteroatoms. The minimum absolute atomic E-state index is 0.0965. The van der Waals surface area contributed by atoms with Gasteiger partial charge in [-0.3, -0.25) is 9.59 Å². The third-order valence-corrected chi connectivity index (χ3v) is 5.29. The maximum Gasteiger partial charge on any atom is 0.342 e. The predicted molar refractivity (Wildman–Crippen MR) is 92.3 cm³/mol. The van der Waals surface area contributed by atoms with Crippen LogP contribution in [-0.4, -0.2) is 20.1 Å². The molecular formula is C18H16FNO5S. The van der Waals surface area contributed by atoms with Gasteiger partial charge in [-0.15, -0.1) is 0 Å². The van der Waals surface area contributed by atoms with Crippen LogP contribution in [0.25, 0.3) is 0 Å². The van der Waals surface area contributed by atoms with Gasteiger partial charge in [0.2, 0.25) is 5.91 Å². The molecule has 0 spiro atoms. The minimum Gasteiger partial charge on any atom is -0.378 e. The quantitative estimate of drug-likeness (QED) is 0.654. The highest BCUT2D eigenvalue weighted by atomic mass is 32.2. The smallest absolute Gasteiger partial charge is 0.342 e. The number of fused-ring (bicyclic) bond motifs is 1. The third-order valence-electron chi connectivity index (χ3n) is 4.04. The van der Waals surface area contributed by atoms with Gasteiger partial charge in [-0.25, -0.2) is 4.39 Å². The zero-order valence-corrected chi connectivity index (χ0v) is 14.9. The van der Waals surface area contributed by atoms with Crippen LogP contribution in [0.4, 0.5) is 10.1 Å². The summed E-state index contributed by atoms with van der Waals surface area (Å²) in [4.78, 5) is 22.5. The molecule has 6 nitrogen and oxygen atoms in total. The zero-order chi connectivity index (χ0) is 19.1. The van der Waals surface area contributed by atoms with Crippen molar-refractivity contribution in [3.8, 4) is 5.75 Å². The van der Waals surface area contributed by atoms with Gasteiger partial charge in [0.25, 0.3) is 0 Å². The molecule has 1 heterocycles. The second-order valence-corrected chi connectivity index (χ2v) is 7.60. The zero-order valence-electron chi connectivity index (χ0n) is 14.1. The van der Waals surface area contributed by atoms with Gasteiger partial charge >= 0.3 is 10.1 Å². The molecule has 2 aromatic rings. The highest BCUT2D eigenvalue weighted by molar-refractivity contribution is 7.87. The van der Waals surface area contributed by atoms with Gasteiger partial charge in [0.15, 0.2) is 11.5 Å². The number of nitrogens with one attached hydrogen (secondary N) is 1. The van der Waals surface area contributed by atoms with Gasteiger partial charge in [-0.2, -0.15) is 8.42 Å². The molecule has 1 N–H and O–H groups in total. The number of amides is 1.